The Kier molecular flexibility index (Phi) is 9.93. The third-order valence-electron chi connectivity index (χ3n) is 3.25. The van der Waals surface area contributed by atoms with E-state index in [4.69, 9.17) is 5.73 Å². The van der Waals surface area contributed by atoms with Crippen molar-refractivity contribution in [3.8, 4) is 0 Å². The number of carbonyl (C=O) groups excluding carboxylic acids is 4. The molecule has 0 heterocycles. The standard InChI is InChI=1S/C15H26N2O4S/c1-9(2)15(21)11(16)5-7-14(20)17-12(8-22)13(19)6-4-10(3)18/h9,11-12,22H,4-8,16H2,1-3H3,(H,17,20). The molecular formula is C15H26N2O4S. The van der Waals surface area contributed by atoms with E-state index < -0.39 is 12.1 Å². The summed E-state index contributed by atoms with van der Waals surface area (Å²) in [4.78, 5) is 46.2. The Morgan fingerprint density at radius 3 is 2.14 bits per heavy atom. The predicted molar refractivity (Wildman–Crippen MR) is 87.8 cm³/mol. The molecule has 0 saturated carbocycles. The van der Waals surface area contributed by atoms with Gasteiger partial charge in [0.15, 0.2) is 11.6 Å². The van der Waals surface area contributed by atoms with Gasteiger partial charge in [0, 0.05) is 30.9 Å². The first-order valence-corrected chi connectivity index (χ1v) is 8.04. The Hall–Kier alpha value is -1.21. The highest BCUT2D eigenvalue weighted by atomic mass is 32.1. The largest absolute Gasteiger partial charge is 0.345 e. The van der Waals surface area contributed by atoms with Crippen molar-refractivity contribution in [3.05, 3.63) is 0 Å². The number of rotatable bonds is 11. The van der Waals surface area contributed by atoms with E-state index in [2.05, 4.69) is 17.9 Å². The smallest absolute Gasteiger partial charge is 0.220 e. The van der Waals surface area contributed by atoms with Crippen molar-refractivity contribution >= 4 is 35.9 Å². The molecule has 126 valence electrons. The molecule has 1 amide bonds. The Labute approximate surface area is 137 Å². The highest BCUT2D eigenvalue weighted by Gasteiger charge is 2.21. The van der Waals surface area contributed by atoms with Gasteiger partial charge in [-0.25, -0.2) is 0 Å². The van der Waals surface area contributed by atoms with Crippen LogP contribution in [0.3, 0.4) is 0 Å². The number of amides is 1. The van der Waals surface area contributed by atoms with E-state index in [0.717, 1.165) is 0 Å². The van der Waals surface area contributed by atoms with Crippen LogP contribution in [0.25, 0.3) is 0 Å². The van der Waals surface area contributed by atoms with Crippen LogP contribution in [0.2, 0.25) is 0 Å². The Morgan fingerprint density at radius 2 is 1.68 bits per heavy atom. The number of ketones is 3. The molecule has 0 aliphatic carbocycles. The van der Waals surface area contributed by atoms with Gasteiger partial charge >= 0.3 is 0 Å². The van der Waals surface area contributed by atoms with E-state index in [1.165, 1.54) is 6.92 Å². The summed E-state index contributed by atoms with van der Waals surface area (Å²) in [6, 6.07) is -1.39. The van der Waals surface area contributed by atoms with E-state index in [1.807, 2.05) is 0 Å². The minimum Gasteiger partial charge on any atom is -0.345 e. The molecule has 2 atom stereocenters. The van der Waals surface area contributed by atoms with Gasteiger partial charge in [0.25, 0.3) is 0 Å². The number of Topliss-reactive ketones (excluding diaryl/α,β-unsaturated/α-hetero) is 3. The highest BCUT2D eigenvalue weighted by Crippen LogP contribution is 2.05. The molecule has 22 heavy (non-hydrogen) atoms. The van der Waals surface area contributed by atoms with E-state index in [0.29, 0.717) is 0 Å². The van der Waals surface area contributed by atoms with Crippen molar-refractivity contribution < 1.29 is 19.2 Å². The second-order valence-corrected chi connectivity index (χ2v) is 6.04. The zero-order valence-corrected chi connectivity index (χ0v) is 14.3. The summed E-state index contributed by atoms with van der Waals surface area (Å²) in [7, 11) is 0. The van der Waals surface area contributed by atoms with Gasteiger partial charge in [-0.1, -0.05) is 13.8 Å². The molecule has 0 aromatic carbocycles. The van der Waals surface area contributed by atoms with Crippen molar-refractivity contribution in [1.29, 1.82) is 0 Å². The molecule has 0 rings (SSSR count). The summed E-state index contributed by atoms with van der Waals surface area (Å²) in [5.41, 5.74) is 5.72. The van der Waals surface area contributed by atoms with Crippen LogP contribution in [-0.2, 0) is 19.2 Å². The third-order valence-corrected chi connectivity index (χ3v) is 3.61. The fraction of sp³-hybridized carbons (Fsp3) is 0.733. The van der Waals surface area contributed by atoms with Crippen LogP contribution < -0.4 is 11.1 Å². The summed E-state index contributed by atoms with van der Waals surface area (Å²) in [6.45, 7) is 4.93. The SMILES string of the molecule is CC(=O)CCC(=O)C(CS)NC(=O)CCC(N)C(=O)C(C)C. The number of hydrogen-bond acceptors (Lipinski definition) is 6. The molecule has 0 aliphatic heterocycles. The Bertz CT molecular complexity index is 424. The lowest BCUT2D eigenvalue weighted by Gasteiger charge is -2.17. The summed E-state index contributed by atoms with van der Waals surface area (Å²) in [6.07, 6.45) is 0.562. The highest BCUT2D eigenvalue weighted by molar-refractivity contribution is 7.80. The van der Waals surface area contributed by atoms with Crippen molar-refractivity contribution in [2.45, 2.75) is 58.5 Å². The molecule has 7 heteroatoms. The maximum atomic E-state index is 11.9. The fourth-order valence-corrected chi connectivity index (χ4v) is 2.12. The Morgan fingerprint density at radius 1 is 1.09 bits per heavy atom. The molecule has 3 N–H and O–H groups in total. The van der Waals surface area contributed by atoms with Crippen molar-refractivity contribution in [2.75, 3.05) is 5.75 Å². The van der Waals surface area contributed by atoms with Gasteiger partial charge in [-0.2, -0.15) is 12.6 Å². The van der Waals surface area contributed by atoms with Gasteiger partial charge in [0.1, 0.15) is 5.78 Å². The van der Waals surface area contributed by atoms with E-state index in [9.17, 15) is 19.2 Å². The predicted octanol–water partition coefficient (Wildman–Crippen LogP) is 0.672. The zero-order chi connectivity index (χ0) is 17.3. The molecule has 0 saturated heterocycles. The maximum Gasteiger partial charge on any atom is 0.220 e. The monoisotopic (exact) mass is 330 g/mol. The van der Waals surface area contributed by atoms with Crippen LogP contribution in [0.5, 0.6) is 0 Å². The summed E-state index contributed by atoms with van der Waals surface area (Å²) in [5, 5.41) is 2.57. The summed E-state index contributed by atoms with van der Waals surface area (Å²) >= 11 is 4.04. The quantitative estimate of drug-likeness (QED) is 0.483. The first kappa shape index (κ1) is 20.8. The van der Waals surface area contributed by atoms with Gasteiger partial charge in [-0.3, -0.25) is 14.4 Å². The molecule has 0 fully saturated rings. The lowest BCUT2D eigenvalue weighted by molar-refractivity contribution is -0.128. The molecule has 0 aliphatic rings. The number of hydrogen-bond donors (Lipinski definition) is 3. The Balaban J connectivity index is 4.29. The molecule has 0 bridgehead atoms. The lowest BCUT2D eigenvalue weighted by atomic mass is 9.98. The number of carbonyl (C=O) groups is 4. The summed E-state index contributed by atoms with van der Waals surface area (Å²) in [5.74, 6) is -0.731. The van der Waals surface area contributed by atoms with Gasteiger partial charge in [0.05, 0.1) is 12.1 Å². The van der Waals surface area contributed by atoms with Gasteiger partial charge in [-0.15, -0.1) is 0 Å². The minimum absolute atomic E-state index is 0.0733. The second-order valence-electron chi connectivity index (χ2n) is 5.67. The van der Waals surface area contributed by atoms with Crippen molar-refractivity contribution in [1.82, 2.24) is 5.32 Å². The first-order chi connectivity index (χ1) is 10.2. The van der Waals surface area contributed by atoms with Crippen LogP contribution >= 0.6 is 12.6 Å². The maximum absolute atomic E-state index is 11.9. The van der Waals surface area contributed by atoms with Crippen LogP contribution in [0, 0.1) is 5.92 Å². The molecular weight excluding hydrogens is 304 g/mol. The van der Waals surface area contributed by atoms with Gasteiger partial charge in [0.2, 0.25) is 5.91 Å². The van der Waals surface area contributed by atoms with Crippen molar-refractivity contribution in [3.63, 3.8) is 0 Å². The number of nitrogens with one attached hydrogen (secondary N) is 1. The topological polar surface area (TPSA) is 106 Å². The molecule has 0 radical (unpaired) electrons. The average molecular weight is 330 g/mol. The normalized spacial score (nSPS) is 13.5. The first-order valence-electron chi connectivity index (χ1n) is 7.40. The average Bonchev–Trinajstić information content (AvgIpc) is 2.46. The minimum atomic E-state index is -0.716. The summed E-state index contributed by atoms with van der Waals surface area (Å²) < 4.78 is 0. The van der Waals surface area contributed by atoms with E-state index >= 15 is 0 Å². The molecule has 0 spiro atoms. The van der Waals surface area contributed by atoms with Crippen LogP contribution in [0.15, 0.2) is 0 Å². The van der Waals surface area contributed by atoms with Gasteiger partial charge in [-0.05, 0) is 13.3 Å². The lowest BCUT2D eigenvalue weighted by Crippen LogP contribution is -2.43. The van der Waals surface area contributed by atoms with E-state index in [1.54, 1.807) is 13.8 Å². The van der Waals surface area contributed by atoms with Gasteiger partial charge < -0.3 is 15.8 Å². The van der Waals surface area contributed by atoms with Crippen LogP contribution in [0.4, 0.5) is 0 Å². The third kappa shape index (κ3) is 8.29. The van der Waals surface area contributed by atoms with Crippen LogP contribution in [-0.4, -0.2) is 41.1 Å². The molecule has 0 aromatic heterocycles. The number of nitrogens with two attached hydrogens (primary N) is 1. The van der Waals surface area contributed by atoms with Crippen LogP contribution in [0.1, 0.15) is 46.5 Å². The molecule has 0 aromatic rings. The van der Waals surface area contributed by atoms with E-state index in [-0.39, 0.29) is 60.6 Å². The molecule has 2 unspecified atom stereocenters. The molecule has 6 nitrogen and oxygen atoms in total. The number of thiol groups is 1. The van der Waals surface area contributed by atoms with Crippen molar-refractivity contribution in [2.24, 2.45) is 11.7 Å². The fourth-order valence-electron chi connectivity index (χ4n) is 1.82. The zero-order valence-electron chi connectivity index (χ0n) is 13.4. The second kappa shape index (κ2) is 10.5.